The summed E-state index contributed by atoms with van der Waals surface area (Å²) in [5.74, 6) is -1.52. The van der Waals surface area contributed by atoms with Gasteiger partial charge >= 0.3 is 0 Å². The fourth-order valence-electron chi connectivity index (χ4n) is 1.86. The van der Waals surface area contributed by atoms with E-state index < -0.39 is 18.1 Å². The van der Waals surface area contributed by atoms with Crippen molar-refractivity contribution in [3.63, 3.8) is 0 Å². The maximum Gasteiger partial charge on any atom is 0.278 e. The number of carbonyl (C=O) groups excluding carboxylic acids is 2. The van der Waals surface area contributed by atoms with Gasteiger partial charge in [-0.25, -0.2) is 0 Å². The predicted molar refractivity (Wildman–Crippen MR) is 80.4 cm³/mol. The van der Waals surface area contributed by atoms with Gasteiger partial charge < -0.3 is 31.9 Å². The monoisotopic (exact) mass is 314 g/mol. The van der Waals surface area contributed by atoms with Crippen LogP contribution in [0.5, 0.6) is 0 Å². The van der Waals surface area contributed by atoms with Crippen LogP contribution in [-0.4, -0.2) is 34.9 Å². The van der Waals surface area contributed by atoms with Gasteiger partial charge in [-0.05, 0) is 18.4 Å². The Hall–Kier alpha value is -1.96. The first-order valence-electron chi connectivity index (χ1n) is 6.84. The molecule has 0 aliphatic carbocycles. The van der Waals surface area contributed by atoms with Crippen LogP contribution in [0.2, 0.25) is 0 Å². The van der Waals surface area contributed by atoms with Crippen LogP contribution in [0.3, 0.4) is 0 Å². The Labute approximate surface area is 130 Å². The van der Waals surface area contributed by atoms with Crippen molar-refractivity contribution >= 4 is 11.9 Å². The second kappa shape index (κ2) is 10.7. The van der Waals surface area contributed by atoms with Gasteiger partial charge in [0.1, 0.15) is 0 Å². The molecule has 8 N–H and O–H groups in total. The maximum absolute atomic E-state index is 12.0. The van der Waals surface area contributed by atoms with E-state index in [1.807, 2.05) is 44.2 Å². The molecule has 3 atom stereocenters. The van der Waals surface area contributed by atoms with Gasteiger partial charge in [0.15, 0.2) is 6.04 Å². The number of quaternary nitrogens is 1. The van der Waals surface area contributed by atoms with E-state index in [0.717, 1.165) is 12.0 Å². The molecule has 0 unspecified atom stereocenters. The molecule has 0 heterocycles. The molecule has 1 aromatic carbocycles. The van der Waals surface area contributed by atoms with Crippen molar-refractivity contribution in [2.24, 2.45) is 5.92 Å². The molecule has 1 rings (SSSR count). The Bertz CT molecular complexity index is 453. The topological polar surface area (TPSA) is 160 Å². The van der Waals surface area contributed by atoms with E-state index in [4.69, 9.17) is 0 Å². The minimum atomic E-state index is -1.28. The summed E-state index contributed by atoms with van der Waals surface area (Å²) in [6, 6.07) is 7.65. The quantitative estimate of drug-likeness (QED) is 0.569. The Balaban J connectivity index is 0. The summed E-state index contributed by atoms with van der Waals surface area (Å²) >= 11 is 0. The van der Waals surface area contributed by atoms with E-state index in [9.17, 15) is 14.7 Å². The molecule has 0 bridgehead atoms. The number of amides is 1. The van der Waals surface area contributed by atoms with Gasteiger partial charge in [0.2, 0.25) is 0 Å². The van der Waals surface area contributed by atoms with Gasteiger partial charge in [0, 0.05) is 5.92 Å². The summed E-state index contributed by atoms with van der Waals surface area (Å²) in [6.07, 6.45) is 1.03. The highest BCUT2D eigenvalue weighted by atomic mass is 16.4. The van der Waals surface area contributed by atoms with Gasteiger partial charge in [-0.1, -0.05) is 44.2 Å². The predicted octanol–water partition coefficient (Wildman–Crippen LogP) is -2.53. The van der Waals surface area contributed by atoms with Crippen molar-refractivity contribution in [2.75, 3.05) is 0 Å². The van der Waals surface area contributed by atoms with Gasteiger partial charge in [-0.15, -0.1) is 0 Å². The van der Waals surface area contributed by atoms with Crippen molar-refractivity contribution < 1.29 is 31.4 Å². The molecule has 0 spiro atoms. The molecule has 0 saturated heterocycles. The van der Waals surface area contributed by atoms with Crippen molar-refractivity contribution in [2.45, 2.75) is 38.8 Å². The Kier molecular flexibility index (Phi) is 10.9. The molecule has 0 fully saturated rings. The first kappa shape index (κ1) is 22.3. The molecule has 0 aliphatic rings. The second-order valence-corrected chi connectivity index (χ2v) is 5.06. The molecule has 22 heavy (non-hydrogen) atoms. The van der Waals surface area contributed by atoms with Gasteiger partial charge in [0.25, 0.3) is 5.91 Å². The highest BCUT2D eigenvalue weighted by Crippen LogP contribution is 2.06. The largest absolute Gasteiger partial charge is 0.548 e. The fourth-order valence-corrected chi connectivity index (χ4v) is 1.86. The Morgan fingerprint density at radius 2 is 1.77 bits per heavy atom. The standard InChI is InChI=1S/C15H22N2O3.2H2O/c1-3-10(2)13(16)14(18)17-12(15(19)20)9-11-7-5-4-6-8-11;;/h4-8,10,12-13H,3,9,16H2,1-2H3,(H,17,18)(H,19,20);2*1H2/t10-,12-,13-;;/m0../s1. The van der Waals surface area contributed by atoms with Crippen LogP contribution in [0.15, 0.2) is 30.3 Å². The number of hydrogen-bond donors (Lipinski definition) is 2. The lowest BCUT2D eigenvalue weighted by molar-refractivity contribution is -0.415. The number of rotatable bonds is 7. The second-order valence-electron chi connectivity index (χ2n) is 5.06. The zero-order valence-electron chi connectivity index (χ0n) is 13.0. The highest BCUT2D eigenvalue weighted by molar-refractivity contribution is 5.85. The smallest absolute Gasteiger partial charge is 0.278 e. The lowest BCUT2D eigenvalue weighted by Crippen LogP contribution is -2.71. The molecule has 0 radical (unpaired) electrons. The van der Waals surface area contributed by atoms with E-state index in [0.29, 0.717) is 0 Å². The zero-order chi connectivity index (χ0) is 15.1. The van der Waals surface area contributed by atoms with Crippen LogP contribution in [0.25, 0.3) is 0 Å². The molecule has 1 amide bonds. The molecular formula is C15H26N2O5. The minimum Gasteiger partial charge on any atom is -0.548 e. The lowest BCUT2D eigenvalue weighted by Gasteiger charge is -2.22. The van der Waals surface area contributed by atoms with Crippen LogP contribution in [0, 0.1) is 5.92 Å². The summed E-state index contributed by atoms with van der Waals surface area (Å²) < 4.78 is 0. The molecule has 1 aromatic rings. The lowest BCUT2D eigenvalue weighted by atomic mass is 9.98. The maximum atomic E-state index is 12.0. The SMILES string of the molecule is CC[C@H](C)[C@H]([NH3+])C(=O)N[C@@H](Cc1ccccc1)C(=O)[O-].O.O. The van der Waals surface area contributed by atoms with Gasteiger partial charge in [0.05, 0.1) is 12.0 Å². The molecule has 7 nitrogen and oxygen atoms in total. The summed E-state index contributed by atoms with van der Waals surface area (Å²) in [6.45, 7) is 3.89. The van der Waals surface area contributed by atoms with Crippen LogP contribution >= 0.6 is 0 Å². The number of carboxylic acids is 1. The molecular weight excluding hydrogens is 288 g/mol. The summed E-state index contributed by atoms with van der Waals surface area (Å²) in [4.78, 5) is 23.1. The van der Waals surface area contributed by atoms with E-state index in [1.54, 1.807) is 0 Å². The Morgan fingerprint density at radius 1 is 1.23 bits per heavy atom. The molecule has 0 aliphatic heterocycles. The van der Waals surface area contributed by atoms with E-state index >= 15 is 0 Å². The van der Waals surface area contributed by atoms with Crippen LogP contribution in [0.1, 0.15) is 25.8 Å². The van der Waals surface area contributed by atoms with Crippen molar-refractivity contribution in [3.05, 3.63) is 35.9 Å². The van der Waals surface area contributed by atoms with Crippen LogP contribution < -0.4 is 16.2 Å². The molecule has 0 saturated carbocycles. The average Bonchev–Trinajstić information content (AvgIpc) is 2.45. The van der Waals surface area contributed by atoms with E-state index in [2.05, 4.69) is 11.1 Å². The molecule has 0 aromatic heterocycles. The normalized spacial score (nSPS) is 13.8. The summed E-state index contributed by atoms with van der Waals surface area (Å²) in [5, 5.41) is 13.7. The zero-order valence-corrected chi connectivity index (χ0v) is 13.0. The third-order valence-electron chi connectivity index (χ3n) is 3.55. The van der Waals surface area contributed by atoms with Crippen molar-refractivity contribution in [1.82, 2.24) is 5.32 Å². The van der Waals surface area contributed by atoms with Crippen molar-refractivity contribution in [3.8, 4) is 0 Å². The Morgan fingerprint density at radius 3 is 2.23 bits per heavy atom. The fraction of sp³-hybridized carbons (Fsp3) is 0.467. The molecule has 7 heteroatoms. The first-order chi connectivity index (χ1) is 9.45. The van der Waals surface area contributed by atoms with E-state index in [1.165, 1.54) is 0 Å². The van der Waals surface area contributed by atoms with Crippen LogP contribution in [0.4, 0.5) is 0 Å². The summed E-state index contributed by atoms with van der Waals surface area (Å²) in [7, 11) is 0. The minimum absolute atomic E-state index is 0. The van der Waals surface area contributed by atoms with E-state index in [-0.39, 0.29) is 29.2 Å². The highest BCUT2D eigenvalue weighted by Gasteiger charge is 2.25. The average molecular weight is 314 g/mol. The third kappa shape index (κ3) is 6.66. The first-order valence-corrected chi connectivity index (χ1v) is 6.84. The summed E-state index contributed by atoms with van der Waals surface area (Å²) in [5.41, 5.74) is 4.64. The van der Waals surface area contributed by atoms with Crippen molar-refractivity contribution in [1.29, 1.82) is 0 Å². The number of benzene rings is 1. The van der Waals surface area contributed by atoms with Gasteiger partial charge in [-0.2, -0.15) is 0 Å². The van der Waals surface area contributed by atoms with Crippen LogP contribution in [-0.2, 0) is 16.0 Å². The number of nitrogens with one attached hydrogen (secondary N) is 1. The number of aliphatic carboxylic acids is 1. The third-order valence-corrected chi connectivity index (χ3v) is 3.55. The number of hydrogen-bond acceptors (Lipinski definition) is 3. The number of carboxylic acid groups (broad SMARTS) is 1. The number of carbonyl (C=O) groups is 2. The molecule has 126 valence electrons. The van der Waals surface area contributed by atoms with Gasteiger partial charge in [-0.3, -0.25) is 4.79 Å².